The van der Waals surface area contributed by atoms with Crippen LogP contribution in [0.15, 0.2) is 0 Å². The minimum Gasteiger partial charge on any atom is -0.298 e. The van der Waals surface area contributed by atoms with Crippen molar-refractivity contribution in [3.05, 3.63) is 34.4 Å². The maximum atomic E-state index is 13.1. The second-order valence-corrected chi connectivity index (χ2v) is 3.39. The molecule has 14 heavy (non-hydrogen) atoms. The highest BCUT2D eigenvalue weighted by atomic mass is 19.2. The lowest BCUT2D eigenvalue weighted by atomic mass is 10.1. The standard InChI is InChI=1S/C9H7F4N/c1-14-2-4-5(3-14)7(11)9(13)8(12)6(4)10/h2-3H2,1H3. The summed E-state index contributed by atoms with van der Waals surface area (Å²) in [5.41, 5.74) is -0.159. The molecule has 0 unspecified atom stereocenters. The Balaban J connectivity index is 2.70. The van der Waals surface area contributed by atoms with Crippen molar-refractivity contribution in [2.24, 2.45) is 0 Å². The summed E-state index contributed by atoms with van der Waals surface area (Å²) < 4.78 is 51.7. The van der Waals surface area contributed by atoms with Crippen LogP contribution >= 0.6 is 0 Å². The van der Waals surface area contributed by atoms with Crippen LogP contribution in [0.25, 0.3) is 0 Å². The number of rotatable bonds is 0. The molecule has 1 nitrogen and oxygen atoms in total. The summed E-state index contributed by atoms with van der Waals surface area (Å²) in [6.45, 7) is 0.213. The van der Waals surface area contributed by atoms with Crippen molar-refractivity contribution >= 4 is 0 Å². The maximum absolute atomic E-state index is 13.1. The van der Waals surface area contributed by atoms with Crippen molar-refractivity contribution in [2.75, 3.05) is 7.05 Å². The largest absolute Gasteiger partial charge is 0.298 e. The number of hydrogen-bond donors (Lipinski definition) is 0. The van der Waals surface area contributed by atoms with Crippen LogP contribution in [0.4, 0.5) is 17.6 Å². The van der Waals surface area contributed by atoms with Crippen molar-refractivity contribution in [1.29, 1.82) is 0 Å². The van der Waals surface area contributed by atoms with E-state index in [0.29, 0.717) is 0 Å². The number of halogens is 4. The summed E-state index contributed by atoms with van der Waals surface area (Å²) in [4.78, 5) is 1.58. The van der Waals surface area contributed by atoms with Gasteiger partial charge < -0.3 is 0 Å². The van der Waals surface area contributed by atoms with Gasteiger partial charge >= 0.3 is 0 Å². The Labute approximate surface area is 77.9 Å². The van der Waals surface area contributed by atoms with Gasteiger partial charge in [-0.2, -0.15) is 0 Å². The highest BCUT2D eigenvalue weighted by Gasteiger charge is 2.29. The highest BCUT2D eigenvalue weighted by molar-refractivity contribution is 5.34. The van der Waals surface area contributed by atoms with Crippen LogP contribution in [-0.4, -0.2) is 11.9 Å². The average Bonchev–Trinajstić information content (AvgIpc) is 2.54. The average molecular weight is 205 g/mol. The number of fused-ring (bicyclic) bond motifs is 1. The molecule has 76 valence electrons. The summed E-state index contributed by atoms with van der Waals surface area (Å²) in [5.74, 6) is -6.00. The van der Waals surface area contributed by atoms with E-state index in [-0.39, 0.29) is 24.2 Å². The van der Waals surface area contributed by atoms with Gasteiger partial charge in [-0.3, -0.25) is 4.90 Å². The minimum atomic E-state index is -1.73. The summed E-state index contributed by atoms with van der Waals surface area (Å²) in [6, 6.07) is 0. The Morgan fingerprint density at radius 3 is 1.50 bits per heavy atom. The Kier molecular flexibility index (Phi) is 1.99. The molecule has 0 spiro atoms. The van der Waals surface area contributed by atoms with E-state index < -0.39 is 23.3 Å². The zero-order chi connectivity index (χ0) is 10.5. The van der Waals surface area contributed by atoms with Gasteiger partial charge in [-0.05, 0) is 7.05 Å². The first-order valence-electron chi connectivity index (χ1n) is 4.04. The SMILES string of the molecule is CN1Cc2c(F)c(F)c(F)c(F)c2C1. The molecule has 0 radical (unpaired) electrons. The van der Waals surface area contributed by atoms with E-state index in [2.05, 4.69) is 0 Å². The third-order valence-corrected chi connectivity index (χ3v) is 2.33. The molecule has 1 aliphatic rings. The Morgan fingerprint density at radius 1 is 0.786 bits per heavy atom. The summed E-state index contributed by atoms with van der Waals surface area (Å²) in [6.07, 6.45) is 0. The first kappa shape index (κ1) is 9.45. The Bertz CT molecular complexity index is 366. The Morgan fingerprint density at radius 2 is 1.14 bits per heavy atom. The van der Waals surface area contributed by atoms with E-state index in [4.69, 9.17) is 0 Å². The Hall–Kier alpha value is -1.10. The van der Waals surface area contributed by atoms with Gasteiger partial charge in [0.05, 0.1) is 0 Å². The molecule has 0 saturated heterocycles. The number of nitrogens with zero attached hydrogens (tertiary/aromatic N) is 1. The molecule has 1 aromatic carbocycles. The normalized spacial score (nSPS) is 16.1. The first-order chi connectivity index (χ1) is 6.52. The van der Waals surface area contributed by atoms with Crippen LogP contribution in [0.3, 0.4) is 0 Å². The molecule has 0 bridgehead atoms. The van der Waals surface area contributed by atoms with Gasteiger partial charge in [-0.1, -0.05) is 0 Å². The van der Waals surface area contributed by atoms with Gasteiger partial charge in [0, 0.05) is 24.2 Å². The molecule has 0 amide bonds. The van der Waals surface area contributed by atoms with Crippen LogP contribution in [0.1, 0.15) is 11.1 Å². The molecule has 0 N–H and O–H groups in total. The maximum Gasteiger partial charge on any atom is 0.197 e. The van der Waals surface area contributed by atoms with Crippen molar-refractivity contribution < 1.29 is 17.6 Å². The van der Waals surface area contributed by atoms with Crippen molar-refractivity contribution in [3.8, 4) is 0 Å². The monoisotopic (exact) mass is 205 g/mol. The van der Waals surface area contributed by atoms with E-state index in [1.54, 1.807) is 11.9 Å². The number of benzene rings is 1. The number of hydrogen-bond acceptors (Lipinski definition) is 1. The topological polar surface area (TPSA) is 3.24 Å². The van der Waals surface area contributed by atoms with Crippen LogP contribution in [0, 0.1) is 23.3 Å². The van der Waals surface area contributed by atoms with Gasteiger partial charge in [0.1, 0.15) is 0 Å². The fraction of sp³-hybridized carbons (Fsp3) is 0.333. The third-order valence-electron chi connectivity index (χ3n) is 2.33. The van der Waals surface area contributed by atoms with E-state index in [0.717, 1.165) is 0 Å². The lowest BCUT2D eigenvalue weighted by molar-refractivity contribution is 0.346. The van der Waals surface area contributed by atoms with Gasteiger partial charge in [-0.15, -0.1) is 0 Å². The molecular formula is C9H7F4N. The second kappa shape index (κ2) is 2.95. The predicted octanol–water partition coefficient (Wildman–Crippen LogP) is 2.19. The summed E-state index contributed by atoms with van der Waals surface area (Å²) >= 11 is 0. The molecule has 1 aliphatic heterocycles. The molecular weight excluding hydrogens is 198 g/mol. The molecule has 0 aliphatic carbocycles. The smallest absolute Gasteiger partial charge is 0.197 e. The predicted molar refractivity (Wildman–Crippen MR) is 41.4 cm³/mol. The molecule has 0 aromatic heterocycles. The van der Waals surface area contributed by atoms with Crippen LogP contribution in [0.2, 0.25) is 0 Å². The highest BCUT2D eigenvalue weighted by Crippen LogP contribution is 2.30. The molecule has 0 fully saturated rings. The summed E-state index contributed by atoms with van der Waals surface area (Å²) in [5, 5.41) is 0. The minimum absolute atomic E-state index is 0.0797. The fourth-order valence-electron chi connectivity index (χ4n) is 1.65. The quantitative estimate of drug-likeness (QED) is 0.356. The van der Waals surface area contributed by atoms with Crippen LogP contribution in [0.5, 0.6) is 0 Å². The van der Waals surface area contributed by atoms with Gasteiger partial charge in [-0.25, -0.2) is 17.6 Å². The molecule has 0 atom stereocenters. The van der Waals surface area contributed by atoms with Gasteiger partial charge in [0.2, 0.25) is 0 Å². The van der Waals surface area contributed by atoms with Gasteiger partial charge in [0.15, 0.2) is 23.3 Å². The van der Waals surface area contributed by atoms with Crippen molar-refractivity contribution in [1.82, 2.24) is 4.90 Å². The van der Waals surface area contributed by atoms with Gasteiger partial charge in [0.25, 0.3) is 0 Å². The van der Waals surface area contributed by atoms with Crippen molar-refractivity contribution in [2.45, 2.75) is 13.1 Å². The lowest BCUT2D eigenvalue weighted by Gasteiger charge is -2.03. The van der Waals surface area contributed by atoms with E-state index in [1.165, 1.54) is 0 Å². The molecule has 1 heterocycles. The lowest BCUT2D eigenvalue weighted by Crippen LogP contribution is -2.08. The molecule has 5 heteroatoms. The summed E-state index contributed by atoms with van der Waals surface area (Å²) in [7, 11) is 1.62. The molecule has 2 rings (SSSR count). The zero-order valence-electron chi connectivity index (χ0n) is 7.37. The first-order valence-corrected chi connectivity index (χ1v) is 4.04. The molecule has 1 aromatic rings. The fourth-order valence-corrected chi connectivity index (χ4v) is 1.65. The van der Waals surface area contributed by atoms with Crippen LogP contribution < -0.4 is 0 Å². The van der Waals surface area contributed by atoms with E-state index >= 15 is 0 Å². The third kappa shape index (κ3) is 1.12. The second-order valence-electron chi connectivity index (χ2n) is 3.39. The van der Waals surface area contributed by atoms with Crippen LogP contribution in [-0.2, 0) is 13.1 Å². The van der Waals surface area contributed by atoms with E-state index in [1.807, 2.05) is 0 Å². The zero-order valence-corrected chi connectivity index (χ0v) is 7.37. The van der Waals surface area contributed by atoms with Crippen molar-refractivity contribution in [3.63, 3.8) is 0 Å². The molecule has 0 saturated carbocycles. The van der Waals surface area contributed by atoms with E-state index in [9.17, 15) is 17.6 Å².